The number of rotatable bonds is 8. The number of nitrogens with zero attached hydrogens (tertiary/aromatic N) is 2. The highest BCUT2D eigenvalue weighted by molar-refractivity contribution is 5.77. The molecule has 0 saturated heterocycles. The molecule has 3 heteroatoms. The van der Waals surface area contributed by atoms with Crippen molar-refractivity contribution in [2.45, 2.75) is 71.9 Å². The van der Waals surface area contributed by atoms with Gasteiger partial charge in [0.25, 0.3) is 0 Å². The van der Waals surface area contributed by atoms with Gasteiger partial charge in [-0.25, -0.2) is 4.98 Å². The maximum absolute atomic E-state index is 6.28. The quantitative estimate of drug-likeness (QED) is 0.722. The third kappa shape index (κ3) is 3.65. The zero-order valence-electron chi connectivity index (χ0n) is 13.7. The summed E-state index contributed by atoms with van der Waals surface area (Å²) in [6.07, 6.45) is 7.04. The molecule has 0 bridgehead atoms. The summed E-state index contributed by atoms with van der Waals surface area (Å²) in [5, 5.41) is 0. The fourth-order valence-electron chi connectivity index (χ4n) is 2.81. The number of unbranched alkanes of at least 4 members (excludes halogenated alkanes) is 3. The highest BCUT2D eigenvalue weighted by Crippen LogP contribution is 2.23. The first-order valence-corrected chi connectivity index (χ1v) is 8.45. The molecular formula is C18H29N3. The van der Waals surface area contributed by atoms with Crippen LogP contribution in [0.2, 0.25) is 0 Å². The Hall–Kier alpha value is -1.35. The van der Waals surface area contributed by atoms with E-state index in [2.05, 4.69) is 43.5 Å². The van der Waals surface area contributed by atoms with Crippen molar-refractivity contribution in [2.24, 2.45) is 5.73 Å². The Morgan fingerprint density at radius 3 is 2.62 bits per heavy atom. The molecule has 0 fully saturated rings. The molecule has 0 spiro atoms. The Bertz CT molecular complexity index is 571. The van der Waals surface area contributed by atoms with Crippen molar-refractivity contribution in [3.8, 4) is 0 Å². The van der Waals surface area contributed by atoms with Gasteiger partial charge in [-0.3, -0.25) is 0 Å². The normalized spacial score (nSPS) is 13.0. The van der Waals surface area contributed by atoms with E-state index in [1.54, 1.807) is 0 Å². The van der Waals surface area contributed by atoms with Gasteiger partial charge in [0, 0.05) is 6.54 Å². The van der Waals surface area contributed by atoms with E-state index >= 15 is 0 Å². The summed E-state index contributed by atoms with van der Waals surface area (Å²) in [4.78, 5) is 4.83. The Morgan fingerprint density at radius 2 is 1.95 bits per heavy atom. The second-order valence-electron chi connectivity index (χ2n) is 5.87. The van der Waals surface area contributed by atoms with Gasteiger partial charge in [0.15, 0.2) is 0 Å². The minimum atomic E-state index is 0.0358. The van der Waals surface area contributed by atoms with Gasteiger partial charge in [-0.1, -0.05) is 46.1 Å². The molecule has 0 aliphatic heterocycles. The highest BCUT2D eigenvalue weighted by Gasteiger charge is 2.15. The van der Waals surface area contributed by atoms with Crippen molar-refractivity contribution in [1.29, 1.82) is 0 Å². The minimum Gasteiger partial charge on any atom is -0.327 e. The van der Waals surface area contributed by atoms with Gasteiger partial charge in [0.2, 0.25) is 0 Å². The zero-order valence-corrected chi connectivity index (χ0v) is 13.7. The summed E-state index contributed by atoms with van der Waals surface area (Å²) >= 11 is 0. The van der Waals surface area contributed by atoms with Gasteiger partial charge in [0.1, 0.15) is 5.82 Å². The lowest BCUT2D eigenvalue weighted by Gasteiger charge is -2.13. The smallest absolute Gasteiger partial charge is 0.126 e. The summed E-state index contributed by atoms with van der Waals surface area (Å²) in [5.41, 5.74) is 9.96. The Balaban J connectivity index is 2.33. The number of fused-ring (bicyclic) bond motifs is 1. The standard InChI is InChI=1S/C18H29N3/c1-4-7-8-9-12-21-17-11-10-14(5-2)13-16(17)20-18(21)15(19)6-3/h10-11,13,15H,4-9,12,19H2,1-3H3. The van der Waals surface area contributed by atoms with Crippen LogP contribution in [0.4, 0.5) is 0 Å². The van der Waals surface area contributed by atoms with Crippen molar-refractivity contribution < 1.29 is 0 Å². The summed E-state index contributed by atoms with van der Waals surface area (Å²) in [7, 11) is 0. The van der Waals surface area contributed by atoms with Crippen molar-refractivity contribution >= 4 is 11.0 Å². The topological polar surface area (TPSA) is 43.8 Å². The molecule has 0 aliphatic carbocycles. The molecule has 2 aromatic rings. The number of aryl methyl sites for hydroxylation is 2. The monoisotopic (exact) mass is 287 g/mol. The molecule has 0 amide bonds. The van der Waals surface area contributed by atoms with E-state index in [0.717, 1.165) is 30.7 Å². The van der Waals surface area contributed by atoms with Crippen molar-refractivity contribution in [2.75, 3.05) is 0 Å². The number of hydrogen-bond donors (Lipinski definition) is 1. The average molecular weight is 287 g/mol. The van der Waals surface area contributed by atoms with Crippen LogP contribution in [0, 0.1) is 0 Å². The molecule has 2 N–H and O–H groups in total. The van der Waals surface area contributed by atoms with Gasteiger partial charge in [-0.2, -0.15) is 0 Å². The Labute approximate surface area is 128 Å². The minimum absolute atomic E-state index is 0.0358. The van der Waals surface area contributed by atoms with E-state index in [9.17, 15) is 0 Å². The molecule has 1 aromatic carbocycles. The van der Waals surface area contributed by atoms with Crippen LogP contribution >= 0.6 is 0 Å². The van der Waals surface area contributed by atoms with Crippen molar-refractivity contribution in [1.82, 2.24) is 9.55 Å². The Morgan fingerprint density at radius 1 is 1.14 bits per heavy atom. The summed E-state index contributed by atoms with van der Waals surface area (Å²) < 4.78 is 2.35. The van der Waals surface area contributed by atoms with E-state index < -0.39 is 0 Å². The first kappa shape index (κ1) is 16.0. The molecule has 116 valence electrons. The third-order valence-corrected chi connectivity index (χ3v) is 4.26. The van der Waals surface area contributed by atoms with E-state index in [-0.39, 0.29) is 6.04 Å². The average Bonchev–Trinajstić information content (AvgIpc) is 2.88. The first-order chi connectivity index (χ1) is 10.2. The van der Waals surface area contributed by atoms with E-state index in [0.29, 0.717) is 0 Å². The maximum atomic E-state index is 6.28. The lowest BCUT2D eigenvalue weighted by atomic mass is 10.1. The molecule has 1 unspecified atom stereocenters. The second-order valence-corrected chi connectivity index (χ2v) is 5.87. The molecule has 1 atom stereocenters. The lowest BCUT2D eigenvalue weighted by Crippen LogP contribution is -2.16. The fraction of sp³-hybridized carbons (Fsp3) is 0.611. The first-order valence-electron chi connectivity index (χ1n) is 8.45. The molecule has 2 rings (SSSR count). The third-order valence-electron chi connectivity index (χ3n) is 4.26. The predicted molar refractivity (Wildman–Crippen MR) is 90.5 cm³/mol. The fourth-order valence-corrected chi connectivity index (χ4v) is 2.81. The summed E-state index contributed by atoms with van der Waals surface area (Å²) in [5.74, 6) is 1.05. The van der Waals surface area contributed by atoms with Crippen molar-refractivity contribution in [3.63, 3.8) is 0 Å². The van der Waals surface area contributed by atoms with Crippen LogP contribution in [0.5, 0.6) is 0 Å². The van der Waals surface area contributed by atoms with E-state index in [1.807, 2.05) is 0 Å². The predicted octanol–water partition coefficient (Wildman–Crippen LogP) is 4.59. The van der Waals surface area contributed by atoms with Crippen LogP contribution in [-0.2, 0) is 13.0 Å². The molecule has 0 saturated carbocycles. The van der Waals surface area contributed by atoms with Gasteiger partial charge in [0.05, 0.1) is 17.1 Å². The highest BCUT2D eigenvalue weighted by atomic mass is 15.1. The second kappa shape index (κ2) is 7.60. The lowest BCUT2D eigenvalue weighted by molar-refractivity contribution is 0.541. The summed E-state index contributed by atoms with van der Waals surface area (Å²) in [6, 6.07) is 6.68. The molecule has 1 aromatic heterocycles. The van der Waals surface area contributed by atoms with Crippen LogP contribution in [-0.4, -0.2) is 9.55 Å². The number of nitrogens with two attached hydrogens (primary N) is 1. The van der Waals surface area contributed by atoms with Crippen LogP contribution < -0.4 is 5.73 Å². The molecule has 0 aliphatic rings. The molecular weight excluding hydrogens is 258 g/mol. The van der Waals surface area contributed by atoms with Crippen LogP contribution in [0.1, 0.15) is 70.3 Å². The Kier molecular flexibility index (Phi) is 5.80. The zero-order chi connectivity index (χ0) is 15.2. The van der Waals surface area contributed by atoms with E-state index in [1.165, 1.54) is 36.8 Å². The maximum Gasteiger partial charge on any atom is 0.126 e. The molecule has 3 nitrogen and oxygen atoms in total. The van der Waals surface area contributed by atoms with Crippen LogP contribution in [0.25, 0.3) is 11.0 Å². The SMILES string of the molecule is CCCCCCn1c(C(N)CC)nc2cc(CC)ccc21. The number of aromatic nitrogens is 2. The molecule has 1 heterocycles. The van der Waals surface area contributed by atoms with Gasteiger partial charge in [-0.05, 0) is 37.0 Å². The van der Waals surface area contributed by atoms with Crippen LogP contribution in [0.15, 0.2) is 18.2 Å². The number of benzene rings is 1. The van der Waals surface area contributed by atoms with Gasteiger partial charge in [-0.15, -0.1) is 0 Å². The number of hydrogen-bond acceptors (Lipinski definition) is 2. The largest absolute Gasteiger partial charge is 0.327 e. The van der Waals surface area contributed by atoms with Crippen molar-refractivity contribution in [3.05, 3.63) is 29.6 Å². The van der Waals surface area contributed by atoms with E-state index in [4.69, 9.17) is 10.7 Å². The number of imidazole rings is 1. The van der Waals surface area contributed by atoms with Gasteiger partial charge >= 0.3 is 0 Å². The van der Waals surface area contributed by atoms with Gasteiger partial charge < -0.3 is 10.3 Å². The molecule has 0 radical (unpaired) electrons. The molecule has 21 heavy (non-hydrogen) atoms. The summed E-state index contributed by atoms with van der Waals surface area (Å²) in [6.45, 7) is 7.59. The van der Waals surface area contributed by atoms with Crippen LogP contribution in [0.3, 0.4) is 0 Å².